The van der Waals surface area contributed by atoms with Crippen molar-refractivity contribution in [3.05, 3.63) is 56.9 Å². The molecule has 0 amide bonds. The lowest BCUT2D eigenvalue weighted by molar-refractivity contribution is 0.0637. The van der Waals surface area contributed by atoms with Crippen LogP contribution in [0.1, 0.15) is 33.8 Å². The molecule has 1 unspecified atom stereocenters. The molecule has 3 heterocycles. The number of morpholine rings is 1. The van der Waals surface area contributed by atoms with Gasteiger partial charge in [-0.2, -0.15) is 0 Å². The van der Waals surface area contributed by atoms with Crippen molar-refractivity contribution in [3.8, 4) is 0 Å². The van der Waals surface area contributed by atoms with Crippen molar-refractivity contribution >= 4 is 40.3 Å². The third-order valence-corrected chi connectivity index (χ3v) is 6.24. The van der Waals surface area contributed by atoms with Crippen molar-refractivity contribution in [2.75, 3.05) is 31.2 Å². The summed E-state index contributed by atoms with van der Waals surface area (Å²) in [6.07, 6.45) is 2.11. The van der Waals surface area contributed by atoms with Gasteiger partial charge in [-0.1, -0.05) is 17.7 Å². The fraction of sp³-hybridized carbons (Fsp3) is 0.316. The van der Waals surface area contributed by atoms with Crippen molar-refractivity contribution in [3.63, 3.8) is 0 Å². The number of carboxylic acids is 1. The van der Waals surface area contributed by atoms with Gasteiger partial charge in [0.15, 0.2) is 0 Å². The molecule has 7 heteroatoms. The standard InChI is InChI=1S/C19H19ClN2O3S/c1-12-18-15(10-17(20)26-18)16(21-5-7-25-8-6-21)11-22(12)14-4-2-3-13(9-14)19(23)24/h2-4,9-12H,5-8H2,1H3,(H,23,24). The largest absolute Gasteiger partial charge is 0.478 e. The Hall–Kier alpha value is -2.02. The molecule has 0 saturated carbocycles. The Morgan fingerprint density at radius 1 is 1.31 bits per heavy atom. The maximum atomic E-state index is 11.4. The van der Waals surface area contributed by atoms with Crippen molar-refractivity contribution in [2.24, 2.45) is 0 Å². The minimum absolute atomic E-state index is 0.0799. The number of rotatable bonds is 3. The minimum atomic E-state index is -0.922. The molecular formula is C19H19ClN2O3S. The fourth-order valence-electron chi connectivity index (χ4n) is 3.48. The van der Waals surface area contributed by atoms with E-state index in [0.717, 1.165) is 28.8 Å². The Morgan fingerprint density at radius 3 is 2.81 bits per heavy atom. The van der Waals surface area contributed by atoms with Crippen LogP contribution in [0, 0.1) is 0 Å². The molecular weight excluding hydrogens is 372 g/mol. The summed E-state index contributed by atoms with van der Waals surface area (Å²) >= 11 is 7.92. The molecule has 1 fully saturated rings. The predicted molar refractivity (Wildman–Crippen MR) is 104 cm³/mol. The van der Waals surface area contributed by atoms with E-state index in [0.29, 0.717) is 13.2 Å². The van der Waals surface area contributed by atoms with Crippen molar-refractivity contribution < 1.29 is 14.6 Å². The molecule has 1 aromatic heterocycles. The SMILES string of the molecule is CC1c2sc(Cl)cc2C(N2CCOCC2)=CN1c1cccc(C(=O)O)c1. The summed E-state index contributed by atoms with van der Waals surface area (Å²) in [5, 5.41) is 9.32. The summed E-state index contributed by atoms with van der Waals surface area (Å²) in [7, 11) is 0. The zero-order valence-corrected chi connectivity index (χ0v) is 15.9. The highest BCUT2D eigenvalue weighted by Crippen LogP contribution is 2.44. The molecule has 2 aliphatic rings. The van der Waals surface area contributed by atoms with Crippen LogP contribution in [0.5, 0.6) is 0 Å². The van der Waals surface area contributed by atoms with Crippen LogP contribution in [-0.4, -0.2) is 42.3 Å². The lowest BCUT2D eigenvalue weighted by Crippen LogP contribution is -2.38. The van der Waals surface area contributed by atoms with Gasteiger partial charge in [-0.3, -0.25) is 0 Å². The maximum Gasteiger partial charge on any atom is 0.335 e. The lowest BCUT2D eigenvalue weighted by Gasteiger charge is -2.38. The number of anilines is 1. The molecule has 2 aliphatic heterocycles. The molecule has 4 rings (SSSR count). The number of fused-ring (bicyclic) bond motifs is 1. The molecule has 1 N–H and O–H groups in total. The number of hydrogen-bond acceptors (Lipinski definition) is 5. The van der Waals surface area contributed by atoms with Crippen LogP contribution >= 0.6 is 22.9 Å². The van der Waals surface area contributed by atoms with E-state index in [1.807, 2.05) is 12.1 Å². The van der Waals surface area contributed by atoms with Gasteiger partial charge < -0.3 is 19.6 Å². The molecule has 0 spiro atoms. The molecule has 26 heavy (non-hydrogen) atoms. The van der Waals surface area contributed by atoms with Crippen LogP contribution in [0.25, 0.3) is 5.70 Å². The summed E-state index contributed by atoms with van der Waals surface area (Å²) in [6, 6.07) is 9.16. The third-order valence-electron chi connectivity index (χ3n) is 4.81. The normalized spacial score (nSPS) is 19.9. The third kappa shape index (κ3) is 3.09. The first-order chi connectivity index (χ1) is 12.5. The molecule has 1 saturated heterocycles. The Kier molecular flexibility index (Phi) is 4.65. The van der Waals surface area contributed by atoms with Crippen LogP contribution < -0.4 is 4.90 Å². The van der Waals surface area contributed by atoms with Gasteiger partial charge in [-0.25, -0.2) is 4.79 Å². The average molecular weight is 391 g/mol. The van der Waals surface area contributed by atoms with E-state index < -0.39 is 5.97 Å². The smallest absolute Gasteiger partial charge is 0.335 e. The predicted octanol–water partition coefficient (Wildman–Crippen LogP) is 4.31. The van der Waals surface area contributed by atoms with E-state index in [4.69, 9.17) is 16.3 Å². The molecule has 0 radical (unpaired) electrons. The van der Waals surface area contributed by atoms with Crippen molar-refractivity contribution in [2.45, 2.75) is 13.0 Å². The molecule has 1 aromatic carbocycles. The molecule has 136 valence electrons. The Balaban J connectivity index is 1.79. The highest BCUT2D eigenvalue weighted by Gasteiger charge is 2.30. The number of carboxylic acid groups (broad SMARTS) is 1. The van der Waals surface area contributed by atoms with Gasteiger partial charge in [0.2, 0.25) is 0 Å². The van der Waals surface area contributed by atoms with E-state index in [2.05, 4.69) is 22.9 Å². The fourth-order valence-corrected chi connectivity index (χ4v) is 4.78. The van der Waals surface area contributed by atoms with E-state index >= 15 is 0 Å². The van der Waals surface area contributed by atoms with E-state index in [1.165, 1.54) is 10.4 Å². The van der Waals surface area contributed by atoms with Crippen LogP contribution in [0.15, 0.2) is 36.5 Å². The van der Waals surface area contributed by atoms with Crippen LogP contribution in [-0.2, 0) is 4.74 Å². The van der Waals surface area contributed by atoms with Crippen LogP contribution in [0.4, 0.5) is 5.69 Å². The van der Waals surface area contributed by atoms with Crippen molar-refractivity contribution in [1.29, 1.82) is 0 Å². The monoisotopic (exact) mass is 390 g/mol. The zero-order valence-electron chi connectivity index (χ0n) is 14.3. The molecule has 2 aromatic rings. The maximum absolute atomic E-state index is 11.4. The molecule has 0 aliphatic carbocycles. The van der Waals surface area contributed by atoms with Crippen LogP contribution in [0.2, 0.25) is 4.34 Å². The molecule has 5 nitrogen and oxygen atoms in total. The van der Waals surface area contributed by atoms with E-state index in [-0.39, 0.29) is 11.6 Å². The summed E-state index contributed by atoms with van der Waals surface area (Å²) in [6.45, 7) is 5.18. The second kappa shape index (κ2) is 6.95. The van der Waals surface area contributed by atoms with E-state index in [9.17, 15) is 9.90 Å². The summed E-state index contributed by atoms with van der Waals surface area (Å²) < 4.78 is 6.25. The number of thiophene rings is 1. The Bertz CT molecular complexity index is 873. The first-order valence-corrected chi connectivity index (χ1v) is 9.70. The van der Waals surface area contributed by atoms with Gasteiger partial charge in [0.05, 0.1) is 34.9 Å². The van der Waals surface area contributed by atoms with Gasteiger partial charge in [0, 0.05) is 35.4 Å². The number of hydrogen-bond donors (Lipinski definition) is 1. The Morgan fingerprint density at radius 2 is 2.08 bits per heavy atom. The van der Waals surface area contributed by atoms with Crippen LogP contribution in [0.3, 0.4) is 0 Å². The van der Waals surface area contributed by atoms with Gasteiger partial charge >= 0.3 is 5.97 Å². The molecule has 1 atom stereocenters. The number of benzene rings is 1. The highest BCUT2D eigenvalue weighted by molar-refractivity contribution is 7.16. The number of nitrogens with zero attached hydrogens (tertiary/aromatic N) is 2. The first-order valence-electron chi connectivity index (χ1n) is 8.50. The topological polar surface area (TPSA) is 53.0 Å². The summed E-state index contributed by atoms with van der Waals surface area (Å²) in [5.74, 6) is -0.922. The zero-order chi connectivity index (χ0) is 18.3. The lowest BCUT2D eigenvalue weighted by atomic mass is 10.0. The first kappa shape index (κ1) is 17.4. The molecule has 0 bridgehead atoms. The van der Waals surface area contributed by atoms with Gasteiger partial charge in [0.1, 0.15) is 0 Å². The minimum Gasteiger partial charge on any atom is -0.478 e. The number of aromatic carboxylic acids is 1. The summed E-state index contributed by atoms with van der Waals surface area (Å²) in [5.41, 5.74) is 3.43. The number of halogens is 1. The van der Waals surface area contributed by atoms with Gasteiger partial charge in [-0.05, 0) is 31.2 Å². The second-order valence-corrected chi connectivity index (χ2v) is 8.10. The van der Waals surface area contributed by atoms with Gasteiger partial charge in [-0.15, -0.1) is 11.3 Å². The number of carbonyl (C=O) groups is 1. The highest BCUT2D eigenvalue weighted by atomic mass is 35.5. The number of ether oxygens (including phenoxy) is 1. The van der Waals surface area contributed by atoms with Crippen molar-refractivity contribution in [1.82, 2.24) is 4.90 Å². The average Bonchev–Trinajstić information content (AvgIpc) is 3.05. The van der Waals surface area contributed by atoms with Gasteiger partial charge in [0.25, 0.3) is 0 Å². The van der Waals surface area contributed by atoms with E-state index in [1.54, 1.807) is 29.5 Å². The summed E-state index contributed by atoms with van der Waals surface area (Å²) in [4.78, 5) is 17.0. The second-order valence-electron chi connectivity index (χ2n) is 6.38. The quantitative estimate of drug-likeness (QED) is 0.846. The Labute approximate surface area is 161 Å².